The quantitative estimate of drug-likeness (QED) is 0.604. The van der Waals surface area contributed by atoms with E-state index in [0.29, 0.717) is 12.2 Å². The molecule has 2 fully saturated rings. The van der Waals surface area contributed by atoms with Gasteiger partial charge < -0.3 is 20.1 Å². The van der Waals surface area contributed by atoms with Crippen molar-refractivity contribution >= 4 is 11.6 Å². The standard InChI is InChI=1S/C23H36O6/c1-8-29-15-9-16(25)22(7)17(12(15)3)13(4)23(28)10-14(24)11(2)18(21(23,5)6)19(26)20(22)27/h12-17,24-25,28H,8-10H2,1-7H3/t12-,13-,14-,15+,16-,17-,22+,23+/m0/s1. The van der Waals surface area contributed by atoms with Crippen LogP contribution in [0.5, 0.6) is 0 Å². The van der Waals surface area contributed by atoms with Crippen molar-refractivity contribution in [3.63, 3.8) is 0 Å². The van der Waals surface area contributed by atoms with Gasteiger partial charge in [0.2, 0.25) is 11.6 Å². The Labute approximate surface area is 173 Å². The first-order chi connectivity index (χ1) is 13.3. The average Bonchev–Trinajstić information content (AvgIpc) is 2.63. The summed E-state index contributed by atoms with van der Waals surface area (Å²) in [7, 11) is 0. The van der Waals surface area contributed by atoms with E-state index in [0.717, 1.165) is 0 Å². The first-order valence-corrected chi connectivity index (χ1v) is 10.8. The van der Waals surface area contributed by atoms with Crippen LogP contribution in [0.2, 0.25) is 0 Å². The minimum Gasteiger partial charge on any atom is -0.392 e. The fourth-order valence-electron chi connectivity index (χ4n) is 6.84. The van der Waals surface area contributed by atoms with Crippen LogP contribution in [0.1, 0.15) is 61.3 Å². The largest absolute Gasteiger partial charge is 0.392 e. The van der Waals surface area contributed by atoms with Crippen molar-refractivity contribution in [2.75, 3.05) is 6.61 Å². The first-order valence-electron chi connectivity index (χ1n) is 10.8. The van der Waals surface area contributed by atoms with Gasteiger partial charge >= 0.3 is 0 Å². The first kappa shape index (κ1) is 22.6. The second kappa shape index (κ2) is 6.98. The number of rotatable bonds is 2. The Balaban J connectivity index is 2.29. The van der Waals surface area contributed by atoms with Crippen molar-refractivity contribution in [2.24, 2.45) is 28.6 Å². The third kappa shape index (κ3) is 2.75. The van der Waals surface area contributed by atoms with Crippen LogP contribution >= 0.6 is 0 Å². The van der Waals surface area contributed by atoms with Crippen LogP contribution in [-0.2, 0) is 14.3 Å². The van der Waals surface area contributed by atoms with Crippen molar-refractivity contribution in [3.05, 3.63) is 11.1 Å². The van der Waals surface area contributed by atoms with E-state index in [1.807, 2.05) is 20.8 Å². The van der Waals surface area contributed by atoms with Gasteiger partial charge in [-0.25, -0.2) is 0 Å². The summed E-state index contributed by atoms with van der Waals surface area (Å²) in [5, 5.41) is 33.8. The predicted molar refractivity (Wildman–Crippen MR) is 108 cm³/mol. The fraction of sp³-hybridized carbons (Fsp3) is 0.826. The summed E-state index contributed by atoms with van der Waals surface area (Å²) >= 11 is 0. The van der Waals surface area contributed by atoms with E-state index in [4.69, 9.17) is 4.74 Å². The van der Waals surface area contributed by atoms with Gasteiger partial charge in [0, 0.05) is 30.4 Å². The SMILES string of the molecule is CCO[C@@H]1C[C@H](O)[C@@]2(C)C(=O)C(=O)C3=C(C)[C@@H](O)C[C@@](O)([C@@H](C)[C@@H]2[C@H]1C)C3(C)C. The molecule has 3 N–H and O–H groups in total. The topological polar surface area (TPSA) is 104 Å². The summed E-state index contributed by atoms with van der Waals surface area (Å²) < 4.78 is 5.87. The molecule has 3 rings (SSSR count). The fourth-order valence-corrected chi connectivity index (χ4v) is 6.84. The lowest BCUT2D eigenvalue weighted by atomic mass is 9.45. The molecule has 3 aliphatic carbocycles. The maximum absolute atomic E-state index is 13.6. The Morgan fingerprint density at radius 2 is 1.72 bits per heavy atom. The molecule has 0 amide bonds. The van der Waals surface area contributed by atoms with Crippen molar-refractivity contribution < 1.29 is 29.6 Å². The van der Waals surface area contributed by atoms with Gasteiger partial charge in [-0.1, -0.05) is 27.7 Å². The van der Waals surface area contributed by atoms with Gasteiger partial charge in [-0.05, 0) is 44.1 Å². The van der Waals surface area contributed by atoms with Crippen LogP contribution in [0.25, 0.3) is 0 Å². The number of hydrogen-bond acceptors (Lipinski definition) is 6. The Morgan fingerprint density at radius 1 is 1.14 bits per heavy atom. The van der Waals surface area contributed by atoms with Crippen LogP contribution in [0.4, 0.5) is 0 Å². The Morgan fingerprint density at radius 3 is 2.28 bits per heavy atom. The van der Waals surface area contributed by atoms with Crippen LogP contribution in [0.3, 0.4) is 0 Å². The van der Waals surface area contributed by atoms with Gasteiger partial charge in [-0.2, -0.15) is 0 Å². The number of ether oxygens (including phenoxy) is 1. The molecule has 6 nitrogen and oxygen atoms in total. The summed E-state index contributed by atoms with van der Waals surface area (Å²) in [4.78, 5) is 27.1. The number of aliphatic hydroxyl groups excluding tert-OH is 2. The van der Waals surface area contributed by atoms with Crippen molar-refractivity contribution in [1.29, 1.82) is 0 Å². The highest BCUT2D eigenvalue weighted by Crippen LogP contribution is 2.61. The lowest BCUT2D eigenvalue weighted by Gasteiger charge is -2.61. The number of fused-ring (bicyclic) bond motifs is 3. The molecule has 0 radical (unpaired) electrons. The van der Waals surface area contributed by atoms with Gasteiger partial charge in [0.05, 0.1) is 29.3 Å². The highest BCUT2D eigenvalue weighted by molar-refractivity contribution is 6.46. The zero-order valence-electron chi connectivity index (χ0n) is 18.7. The molecule has 2 saturated carbocycles. The molecular formula is C23H36O6. The molecule has 164 valence electrons. The third-order valence-electron chi connectivity index (χ3n) is 8.69. The van der Waals surface area contributed by atoms with E-state index in [1.165, 1.54) is 0 Å². The number of carbonyl (C=O) groups excluding carboxylic acids is 2. The summed E-state index contributed by atoms with van der Waals surface area (Å²) in [6.45, 7) is 13.1. The monoisotopic (exact) mass is 408 g/mol. The second-order valence-corrected chi connectivity index (χ2v) is 10.2. The van der Waals surface area contributed by atoms with E-state index in [2.05, 4.69) is 0 Å². The number of carbonyl (C=O) groups is 2. The minimum absolute atomic E-state index is 0.0899. The molecule has 0 aromatic heterocycles. The third-order valence-corrected chi connectivity index (χ3v) is 8.69. The Hall–Kier alpha value is -1.08. The summed E-state index contributed by atoms with van der Waals surface area (Å²) in [5.41, 5.74) is -3.10. The van der Waals surface area contributed by atoms with E-state index >= 15 is 0 Å². The molecule has 3 aliphatic rings. The van der Waals surface area contributed by atoms with Crippen LogP contribution < -0.4 is 0 Å². The maximum atomic E-state index is 13.6. The Bertz CT molecular complexity index is 754. The number of aliphatic hydroxyl groups is 3. The van der Waals surface area contributed by atoms with E-state index in [1.54, 1.807) is 27.7 Å². The molecule has 29 heavy (non-hydrogen) atoms. The lowest BCUT2D eigenvalue weighted by Crippen LogP contribution is -2.68. The minimum atomic E-state index is -1.41. The molecule has 0 aromatic rings. The molecule has 8 atom stereocenters. The predicted octanol–water partition coefficient (Wildman–Crippen LogP) is 2.04. The molecular weight excluding hydrogens is 372 g/mol. The average molecular weight is 409 g/mol. The van der Waals surface area contributed by atoms with E-state index in [9.17, 15) is 24.9 Å². The highest BCUT2D eigenvalue weighted by atomic mass is 16.5. The molecule has 0 aliphatic heterocycles. The summed E-state index contributed by atoms with van der Waals surface area (Å²) in [5.74, 6) is -2.39. The van der Waals surface area contributed by atoms with E-state index in [-0.39, 0.29) is 30.4 Å². The molecule has 0 saturated heterocycles. The molecule has 0 spiro atoms. The zero-order chi connectivity index (χ0) is 22.1. The molecule has 0 unspecified atom stereocenters. The zero-order valence-corrected chi connectivity index (χ0v) is 18.7. The van der Waals surface area contributed by atoms with Gasteiger partial charge in [0.1, 0.15) is 0 Å². The maximum Gasteiger partial charge on any atom is 0.225 e. The van der Waals surface area contributed by atoms with Crippen molar-refractivity contribution in [2.45, 2.75) is 85.2 Å². The van der Waals surface area contributed by atoms with Gasteiger partial charge in [-0.15, -0.1) is 0 Å². The number of Topliss-reactive ketones (excluding diaryl/α,β-unsaturated/α-hetero) is 2. The van der Waals surface area contributed by atoms with Crippen molar-refractivity contribution in [3.8, 4) is 0 Å². The van der Waals surface area contributed by atoms with Crippen LogP contribution in [0, 0.1) is 28.6 Å². The summed E-state index contributed by atoms with van der Waals surface area (Å²) in [6.07, 6.45) is -1.94. The number of ketones is 2. The van der Waals surface area contributed by atoms with Gasteiger partial charge in [0.25, 0.3) is 0 Å². The highest BCUT2D eigenvalue weighted by Gasteiger charge is 2.67. The normalized spacial score (nSPS) is 47.5. The smallest absolute Gasteiger partial charge is 0.225 e. The second-order valence-electron chi connectivity index (χ2n) is 10.2. The van der Waals surface area contributed by atoms with Gasteiger partial charge in [0.15, 0.2) is 0 Å². The lowest BCUT2D eigenvalue weighted by molar-refractivity contribution is -0.210. The summed E-state index contributed by atoms with van der Waals surface area (Å²) in [6, 6.07) is 0. The molecule has 0 aromatic carbocycles. The van der Waals surface area contributed by atoms with Crippen molar-refractivity contribution in [1.82, 2.24) is 0 Å². The molecule has 6 heteroatoms. The molecule has 0 heterocycles. The number of hydrogen-bond donors (Lipinski definition) is 3. The van der Waals surface area contributed by atoms with E-state index < -0.39 is 52.0 Å². The molecule has 2 bridgehead atoms. The van der Waals surface area contributed by atoms with Crippen LogP contribution in [0.15, 0.2) is 11.1 Å². The van der Waals surface area contributed by atoms with Crippen LogP contribution in [-0.4, -0.2) is 57.4 Å². The Kier molecular flexibility index (Phi) is 5.44. The van der Waals surface area contributed by atoms with Gasteiger partial charge in [-0.3, -0.25) is 9.59 Å².